The van der Waals surface area contributed by atoms with Crippen LogP contribution in [0.15, 0.2) is 78.9 Å². The number of para-hydroxylation sites is 2. The quantitative estimate of drug-likeness (QED) is 0.413. The van der Waals surface area contributed by atoms with Crippen molar-refractivity contribution in [3.8, 4) is 22.6 Å². The van der Waals surface area contributed by atoms with Crippen molar-refractivity contribution in [3.05, 3.63) is 78.9 Å². The van der Waals surface area contributed by atoms with E-state index in [2.05, 4.69) is 17.4 Å². The normalized spacial score (nSPS) is 11.5. The molecule has 3 aromatic rings. The summed E-state index contributed by atoms with van der Waals surface area (Å²) in [5.74, 6) is 1.05. The van der Waals surface area contributed by atoms with E-state index in [9.17, 15) is 4.79 Å². The van der Waals surface area contributed by atoms with Crippen molar-refractivity contribution in [2.24, 2.45) is 0 Å². The average Bonchev–Trinajstić information content (AvgIpc) is 2.82. The summed E-state index contributed by atoms with van der Waals surface area (Å²) in [4.78, 5) is 12.8. The Morgan fingerprint density at radius 3 is 2.23 bits per heavy atom. The molecule has 31 heavy (non-hydrogen) atoms. The number of ether oxygens (including phenoxy) is 3. The van der Waals surface area contributed by atoms with Gasteiger partial charge >= 0.3 is 0 Å². The fraction of sp³-hybridized carbons (Fsp3) is 0.269. The van der Waals surface area contributed by atoms with Gasteiger partial charge in [0.1, 0.15) is 18.1 Å². The molecule has 0 heterocycles. The van der Waals surface area contributed by atoms with Crippen LogP contribution in [0.4, 0.5) is 5.69 Å². The van der Waals surface area contributed by atoms with E-state index < -0.39 is 6.10 Å². The molecule has 0 spiro atoms. The number of carbonyl (C=O) groups excluding carboxylic acids is 1. The highest BCUT2D eigenvalue weighted by Gasteiger charge is 2.20. The van der Waals surface area contributed by atoms with E-state index in [1.165, 1.54) is 0 Å². The highest BCUT2D eigenvalue weighted by Crippen LogP contribution is 2.26. The zero-order chi connectivity index (χ0) is 21.9. The molecule has 0 aliphatic carbocycles. The minimum Gasteiger partial charge on any atom is -0.489 e. The zero-order valence-electron chi connectivity index (χ0n) is 18.0. The predicted molar refractivity (Wildman–Crippen MR) is 124 cm³/mol. The number of benzene rings is 3. The van der Waals surface area contributed by atoms with E-state index >= 15 is 0 Å². The van der Waals surface area contributed by atoms with Gasteiger partial charge in [-0.15, -0.1) is 0 Å². The first kappa shape index (κ1) is 22.4. The lowest BCUT2D eigenvalue weighted by atomic mass is 10.1. The third-order valence-corrected chi connectivity index (χ3v) is 4.74. The molecule has 1 unspecified atom stereocenters. The minimum absolute atomic E-state index is 0.213. The molecule has 0 aliphatic rings. The summed E-state index contributed by atoms with van der Waals surface area (Å²) < 4.78 is 17.0. The lowest BCUT2D eigenvalue weighted by Gasteiger charge is -2.19. The minimum atomic E-state index is -0.612. The van der Waals surface area contributed by atoms with Crippen LogP contribution >= 0.6 is 0 Å². The van der Waals surface area contributed by atoms with Crippen molar-refractivity contribution >= 4 is 11.6 Å². The number of carbonyl (C=O) groups is 1. The second kappa shape index (κ2) is 11.8. The van der Waals surface area contributed by atoms with E-state index in [1.807, 2.05) is 80.6 Å². The SMILES string of the molecule is CCOCCOc1ccccc1NC(=O)C(CC)Oc1ccc(-c2ccccc2)cc1. The second-order valence-electron chi connectivity index (χ2n) is 6.94. The number of hydrogen-bond donors (Lipinski definition) is 1. The van der Waals surface area contributed by atoms with Crippen LogP contribution in [0.1, 0.15) is 20.3 Å². The third-order valence-electron chi connectivity index (χ3n) is 4.74. The standard InChI is InChI=1S/C26H29NO4/c1-3-24(31-22-16-14-21(15-17-22)20-10-6-5-7-11-20)26(28)27-23-12-8-9-13-25(23)30-19-18-29-4-2/h5-17,24H,3-4,18-19H2,1-2H3,(H,27,28). The van der Waals surface area contributed by atoms with Gasteiger partial charge in [0.2, 0.25) is 0 Å². The molecule has 0 saturated carbocycles. The van der Waals surface area contributed by atoms with Gasteiger partial charge < -0.3 is 19.5 Å². The zero-order valence-corrected chi connectivity index (χ0v) is 18.0. The molecular formula is C26H29NO4. The average molecular weight is 420 g/mol. The molecule has 0 fully saturated rings. The Morgan fingerprint density at radius 2 is 1.52 bits per heavy atom. The number of anilines is 1. The van der Waals surface area contributed by atoms with E-state index in [1.54, 1.807) is 0 Å². The van der Waals surface area contributed by atoms with Gasteiger partial charge in [0.05, 0.1) is 12.3 Å². The molecule has 1 atom stereocenters. The topological polar surface area (TPSA) is 56.8 Å². The summed E-state index contributed by atoms with van der Waals surface area (Å²) in [7, 11) is 0. The maximum Gasteiger partial charge on any atom is 0.265 e. The third kappa shape index (κ3) is 6.59. The van der Waals surface area contributed by atoms with Gasteiger partial charge in [0.15, 0.2) is 6.10 Å². The van der Waals surface area contributed by atoms with Crippen LogP contribution in [0, 0.1) is 0 Å². The Kier molecular flexibility index (Phi) is 8.49. The fourth-order valence-electron chi connectivity index (χ4n) is 3.11. The van der Waals surface area contributed by atoms with Crippen molar-refractivity contribution in [2.75, 3.05) is 25.1 Å². The molecule has 5 heteroatoms. The van der Waals surface area contributed by atoms with Crippen LogP contribution in [0.5, 0.6) is 11.5 Å². The van der Waals surface area contributed by atoms with Gasteiger partial charge in [0, 0.05) is 6.61 Å². The number of hydrogen-bond acceptors (Lipinski definition) is 4. The molecule has 1 amide bonds. The molecule has 0 bridgehead atoms. The van der Waals surface area contributed by atoms with E-state index in [-0.39, 0.29) is 5.91 Å². The molecule has 5 nitrogen and oxygen atoms in total. The molecule has 3 rings (SSSR count). The van der Waals surface area contributed by atoms with E-state index in [0.717, 1.165) is 11.1 Å². The molecular weight excluding hydrogens is 390 g/mol. The highest BCUT2D eigenvalue weighted by molar-refractivity contribution is 5.95. The molecule has 1 N–H and O–H groups in total. The first-order valence-electron chi connectivity index (χ1n) is 10.6. The molecule has 162 valence electrons. The Balaban J connectivity index is 1.62. The number of rotatable bonds is 11. The molecule has 3 aromatic carbocycles. The molecule has 0 saturated heterocycles. The van der Waals surface area contributed by atoms with Crippen molar-refractivity contribution in [1.82, 2.24) is 0 Å². The Bertz CT molecular complexity index is 941. The Labute approximate surface area is 184 Å². The van der Waals surface area contributed by atoms with Gasteiger partial charge in [-0.05, 0) is 48.7 Å². The summed E-state index contributed by atoms with van der Waals surface area (Å²) >= 11 is 0. The van der Waals surface area contributed by atoms with Crippen LogP contribution < -0.4 is 14.8 Å². The van der Waals surface area contributed by atoms with Crippen molar-refractivity contribution < 1.29 is 19.0 Å². The van der Waals surface area contributed by atoms with Gasteiger partial charge in [0.25, 0.3) is 5.91 Å². The van der Waals surface area contributed by atoms with Gasteiger partial charge in [-0.1, -0.05) is 61.5 Å². The molecule has 0 aliphatic heterocycles. The number of nitrogens with one attached hydrogen (secondary N) is 1. The lowest BCUT2D eigenvalue weighted by Crippen LogP contribution is -2.32. The van der Waals surface area contributed by atoms with Crippen LogP contribution in [-0.4, -0.2) is 31.8 Å². The van der Waals surface area contributed by atoms with Crippen molar-refractivity contribution in [1.29, 1.82) is 0 Å². The second-order valence-corrected chi connectivity index (χ2v) is 6.94. The highest BCUT2D eigenvalue weighted by atomic mass is 16.5. The first-order chi connectivity index (χ1) is 15.2. The Morgan fingerprint density at radius 1 is 0.839 bits per heavy atom. The summed E-state index contributed by atoms with van der Waals surface area (Å²) in [5, 5.41) is 2.93. The van der Waals surface area contributed by atoms with Crippen molar-refractivity contribution in [2.45, 2.75) is 26.4 Å². The molecule has 0 aromatic heterocycles. The largest absolute Gasteiger partial charge is 0.489 e. The van der Waals surface area contributed by atoms with Crippen molar-refractivity contribution in [3.63, 3.8) is 0 Å². The fourth-order valence-corrected chi connectivity index (χ4v) is 3.11. The maximum atomic E-state index is 12.8. The maximum absolute atomic E-state index is 12.8. The summed E-state index contributed by atoms with van der Waals surface area (Å²) in [6.45, 7) is 5.42. The van der Waals surface area contributed by atoms with Crippen LogP contribution in [0.2, 0.25) is 0 Å². The summed E-state index contributed by atoms with van der Waals surface area (Å²) in [6.07, 6.45) is -0.0707. The monoisotopic (exact) mass is 419 g/mol. The molecule has 0 radical (unpaired) electrons. The van der Waals surface area contributed by atoms with E-state index in [0.29, 0.717) is 43.4 Å². The van der Waals surface area contributed by atoms with Crippen LogP contribution in [0.3, 0.4) is 0 Å². The van der Waals surface area contributed by atoms with Crippen LogP contribution in [0.25, 0.3) is 11.1 Å². The predicted octanol–water partition coefficient (Wildman–Crippen LogP) is 5.57. The van der Waals surface area contributed by atoms with Crippen LogP contribution in [-0.2, 0) is 9.53 Å². The smallest absolute Gasteiger partial charge is 0.265 e. The first-order valence-corrected chi connectivity index (χ1v) is 10.6. The van der Waals surface area contributed by atoms with Gasteiger partial charge in [-0.25, -0.2) is 0 Å². The van der Waals surface area contributed by atoms with Gasteiger partial charge in [-0.3, -0.25) is 4.79 Å². The lowest BCUT2D eigenvalue weighted by molar-refractivity contribution is -0.122. The summed E-state index contributed by atoms with van der Waals surface area (Å²) in [5.41, 5.74) is 2.86. The Hall–Kier alpha value is -3.31. The van der Waals surface area contributed by atoms with Gasteiger partial charge in [-0.2, -0.15) is 0 Å². The summed E-state index contributed by atoms with van der Waals surface area (Å²) in [6, 6.07) is 25.3. The van der Waals surface area contributed by atoms with E-state index in [4.69, 9.17) is 14.2 Å². The number of amides is 1.